The molecule has 0 spiro atoms. The van der Waals surface area contributed by atoms with Gasteiger partial charge in [-0.15, -0.1) is 0 Å². The second-order valence-corrected chi connectivity index (χ2v) is 6.90. The highest BCUT2D eigenvalue weighted by Gasteiger charge is 2.31. The normalized spacial score (nSPS) is 22.5. The van der Waals surface area contributed by atoms with E-state index in [1.165, 1.54) is 12.1 Å². The van der Waals surface area contributed by atoms with Crippen LogP contribution in [0.25, 0.3) is 0 Å². The van der Waals surface area contributed by atoms with E-state index < -0.39 is 11.7 Å². The molecular formula is C18H27F3N4. The van der Waals surface area contributed by atoms with Crippen LogP contribution in [0, 0.1) is 5.92 Å². The van der Waals surface area contributed by atoms with Gasteiger partial charge in [0, 0.05) is 38.8 Å². The molecule has 0 amide bonds. The Kier molecular flexibility index (Phi) is 6.32. The van der Waals surface area contributed by atoms with Gasteiger partial charge in [-0.25, -0.2) is 0 Å². The Labute approximate surface area is 147 Å². The Morgan fingerprint density at radius 2 is 1.88 bits per heavy atom. The zero-order valence-electron chi connectivity index (χ0n) is 15.2. The van der Waals surface area contributed by atoms with Crippen LogP contribution in [0.1, 0.15) is 31.9 Å². The Balaban J connectivity index is 1.88. The molecule has 2 unspecified atom stereocenters. The first-order chi connectivity index (χ1) is 11.7. The second kappa shape index (κ2) is 8.08. The van der Waals surface area contributed by atoms with E-state index in [0.717, 1.165) is 30.8 Å². The lowest BCUT2D eigenvalue weighted by Crippen LogP contribution is -2.46. The number of nitrogens with one attached hydrogen (secondary N) is 2. The number of alkyl halides is 3. The first-order valence-electron chi connectivity index (χ1n) is 8.58. The molecule has 0 bridgehead atoms. The molecule has 1 aliphatic heterocycles. The van der Waals surface area contributed by atoms with Crippen LogP contribution >= 0.6 is 0 Å². The first kappa shape index (κ1) is 19.6. The summed E-state index contributed by atoms with van der Waals surface area (Å²) in [6, 6.07) is 6.00. The lowest BCUT2D eigenvalue weighted by Gasteiger charge is -2.22. The van der Waals surface area contributed by atoms with Crippen molar-refractivity contribution in [3.63, 3.8) is 0 Å². The predicted octanol–water partition coefficient (Wildman–Crippen LogP) is 3.10. The molecule has 1 aliphatic rings. The minimum Gasteiger partial charge on any atom is -0.352 e. The monoisotopic (exact) mass is 356 g/mol. The standard InChI is InChI=1S/C18H27F3N4/c1-12(2)25-10-13(3)16(11-25)24-17(22-4)23-9-14-5-7-15(8-6-14)18(19,20)21/h5-8,12-13,16H,9-11H2,1-4H3,(H2,22,23,24). The van der Waals surface area contributed by atoms with Crippen LogP contribution < -0.4 is 10.6 Å². The highest BCUT2D eigenvalue weighted by Crippen LogP contribution is 2.29. The third-order valence-electron chi connectivity index (χ3n) is 4.66. The van der Waals surface area contributed by atoms with Crippen molar-refractivity contribution in [2.24, 2.45) is 10.9 Å². The Morgan fingerprint density at radius 3 is 2.36 bits per heavy atom. The van der Waals surface area contributed by atoms with Crippen LogP contribution in [0.2, 0.25) is 0 Å². The lowest BCUT2D eigenvalue weighted by molar-refractivity contribution is -0.137. The van der Waals surface area contributed by atoms with Crippen molar-refractivity contribution < 1.29 is 13.2 Å². The molecule has 2 N–H and O–H groups in total. The Morgan fingerprint density at radius 1 is 1.24 bits per heavy atom. The number of benzene rings is 1. The van der Waals surface area contributed by atoms with Crippen LogP contribution in [0.4, 0.5) is 13.2 Å². The van der Waals surface area contributed by atoms with Crippen LogP contribution in [0.15, 0.2) is 29.3 Å². The van der Waals surface area contributed by atoms with Crippen LogP contribution in [0.3, 0.4) is 0 Å². The van der Waals surface area contributed by atoms with Gasteiger partial charge in [-0.3, -0.25) is 9.89 Å². The second-order valence-electron chi connectivity index (χ2n) is 6.90. The van der Waals surface area contributed by atoms with Crippen molar-refractivity contribution >= 4 is 5.96 Å². The summed E-state index contributed by atoms with van der Waals surface area (Å²) in [6.45, 7) is 9.01. The molecule has 0 saturated carbocycles. The van der Waals surface area contributed by atoms with E-state index >= 15 is 0 Å². The molecule has 0 aromatic heterocycles. The van der Waals surface area contributed by atoms with E-state index in [0.29, 0.717) is 30.5 Å². The summed E-state index contributed by atoms with van der Waals surface area (Å²) in [5.74, 6) is 1.18. The Bertz CT molecular complexity index is 581. The average molecular weight is 356 g/mol. The summed E-state index contributed by atoms with van der Waals surface area (Å²) in [6.07, 6.45) is -4.30. The van der Waals surface area contributed by atoms with Gasteiger partial charge in [-0.05, 0) is 37.5 Å². The fourth-order valence-electron chi connectivity index (χ4n) is 2.98. The smallest absolute Gasteiger partial charge is 0.352 e. The third kappa shape index (κ3) is 5.36. The van der Waals surface area contributed by atoms with Gasteiger partial charge in [-0.1, -0.05) is 19.1 Å². The van der Waals surface area contributed by atoms with Gasteiger partial charge in [0.2, 0.25) is 0 Å². The molecule has 0 aliphatic carbocycles. The van der Waals surface area contributed by atoms with Gasteiger partial charge in [0.25, 0.3) is 0 Å². The van der Waals surface area contributed by atoms with Gasteiger partial charge in [0.1, 0.15) is 0 Å². The number of rotatable bonds is 4. The van der Waals surface area contributed by atoms with Crippen molar-refractivity contribution in [1.82, 2.24) is 15.5 Å². The van der Waals surface area contributed by atoms with Gasteiger partial charge in [-0.2, -0.15) is 13.2 Å². The molecular weight excluding hydrogens is 329 g/mol. The van der Waals surface area contributed by atoms with Crippen LogP contribution in [-0.2, 0) is 12.7 Å². The van der Waals surface area contributed by atoms with Crippen molar-refractivity contribution in [3.05, 3.63) is 35.4 Å². The van der Waals surface area contributed by atoms with Crippen molar-refractivity contribution in [1.29, 1.82) is 0 Å². The molecule has 140 valence electrons. The minimum atomic E-state index is -4.30. The number of likely N-dealkylation sites (tertiary alicyclic amines) is 1. The summed E-state index contributed by atoms with van der Waals surface area (Å²) in [4.78, 5) is 6.65. The summed E-state index contributed by atoms with van der Waals surface area (Å²) in [5, 5.41) is 6.60. The molecule has 1 fully saturated rings. The molecule has 0 radical (unpaired) electrons. The van der Waals surface area contributed by atoms with Gasteiger partial charge in [0.15, 0.2) is 5.96 Å². The molecule has 2 atom stereocenters. The van der Waals surface area contributed by atoms with Crippen LogP contribution in [-0.4, -0.2) is 43.1 Å². The number of hydrogen-bond donors (Lipinski definition) is 2. The molecule has 4 nitrogen and oxygen atoms in total. The van der Waals surface area contributed by atoms with E-state index in [2.05, 4.69) is 41.3 Å². The van der Waals surface area contributed by atoms with Gasteiger partial charge >= 0.3 is 6.18 Å². The summed E-state index contributed by atoms with van der Waals surface area (Å²) >= 11 is 0. The Hall–Kier alpha value is -1.76. The summed E-state index contributed by atoms with van der Waals surface area (Å²) in [7, 11) is 1.70. The van der Waals surface area contributed by atoms with Crippen molar-refractivity contribution in [2.75, 3.05) is 20.1 Å². The number of halogens is 3. The maximum atomic E-state index is 12.6. The van der Waals surface area contributed by atoms with Crippen molar-refractivity contribution in [2.45, 2.75) is 45.6 Å². The predicted molar refractivity (Wildman–Crippen MR) is 94.4 cm³/mol. The lowest BCUT2D eigenvalue weighted by atomic mass is 10.1. The van der Waals surface area contributed by atoms with E-state index in [-0.39, 0.29) is 0 Å². The molecule has 1 heterocycles. The van der Waals surface area contributed by atoms with E-state index in [1.807, 2.05) is 0 Å². The third-order valence-corrected chi connectivity index (χ3v) is 4.66. The number of guanidine groups is 1. The van der Waals surface area contributed by atoms with E-state index in [1.54, 1.807) is 7.05 Å². The maximum Gasteiger partial charge on any atom is 0.416 e. The van der Waals surface area contributed by atoms with E-state index in [9.17, 15) is 13.2 Å². The van der Waals surface area contributed by atoms with Crippen LogP contribution in [0.5, 0.6) is 0 Å². The van der Waals surface area contributed by atoms with E-state index in [4.69, 9.17) is 0 Å². The highest BCUT2D eigenvalue weighted by molar-refractivity contribution is 5.80. The maximum absolute atomic E-state index is 12.6. The van der Waals surface area contributed by atoms with Crippen molar-refractivity contribution in [3.8, 4) is 0 Å². The van der Waals surface area contributed by atoms with Gasteiger partial charge in [0.05, 0.1) is 5.56 Å². The summed E-state index contributed by atoms with van der Waals surface area (Å²) in [5.41, 5.74) is 0.145. The fraction of sp³-hybridized carbons (Fsp3) is 0.611. The zero-order valence-corrected chi connectivity index (χ0v) is 15.2. The fourth-order valence-corrected chi connectivity index (χ4v) is 2.98. The molecule has 1 saturated heterocycles. The quantitative estimate of drug-likeness (QED) is 0.643. The molecule has 7 heteroatoms. The number of aliphatic imine (C=N–C) groups is 1. The highest BCUT2D eigenvalue weighted by atomic mass is 19.4. The minimum absolute atomic E-state index is 0.307. The summed E-state index contributed by atoms with van der Waals surface area (Å²) < 4.78 is 37.8. The molecule has 2 rings (SSSR count). The largest absolute Gasteiger partial charge is 0.416 e. The van der Waals surface area contributed by atoms with Gasteiger partial charge < -0.3 is 10.6 Å². The molecule has 25 heavy (non-hydrogen) atoms. The number of nitrogens with zero attached hydrogens (tertiary/aromatic N) is 2. The molecule has 1 aromatic rings. The topological polar surface area (TPSA) is 39.7 Å². The zero-order chi connectivity index (χ0) is 18.6. The number of hydrogen-bond acceptors (Lipinski definition) is 2. The molecule has 1 aromatic carbocycles. The average Bonchev–Trinajstić information content (AvgIpc) is 2.92. The first-order valence-corrected chi connectivity index (χ1v) is 8.58. The SMILES string of the molecule is CN=C(NCc1ccc(C(F)(F)F)cc1)NC1CN(C(C)C)CC1C.